The Labute approximate surface area is 205 Å². The van der Waals surface area contributed by atoms with E-state index in [9.17, 15) is 9.59 Å². The first kappa shape index (κ1) is 23.2. The molecule has 0 atom stereocenters. The van der Waals surface area contributed by atoms with Gasteiger partial charge in [-0.15, -0.1) is 10.2 Å². The van der Waals surface area contributed by atoms with Crippen molar-refractivity contribution in [1.82, 2.24) is 19.7 Å². The van der Waals surface area contributed by atoms with E-state index in [1.807, 2.05) is 47.9 Å². The second-order valence-electron chi connectivity index (χ2n) is 9.66. The average molecular weight is 474 g/mol. The molecule has 0 bridgehead atoms. The van der Waals surface area contributed by atoms with Crippen LogP contribution in [0.3, 0.4) is 0 Å². The summed E-state index contributed by atoms with van der Waals surface area (Å²) in [6, 6.07) is 11.7. The zero-order valence-corrected chi connectivity index (χ0v) is 20.5. The fourth-order valence-corrected chi connectivity index (χ4v) is 5.32. The molecule has 8 heteroatoms. The van der Waals surface area contributed by atoms with Crippen LogP contribution in [0, 0.1) is 0 Å². The number of esters is 1. The van der Waals surface area contributed by atoms with Crippen molar-refractivity contribution in [3.63, 3.8) is 0 Å². The Morgan fingerprint density at radius 1 is 1.14 bits per heavy atom. The van der Waals surface area contributed by atoms with Crippen LogP contribution in [0.1, 0.15) is 80.4 Å². The van der Waals surface area contributed by atoms with Crippen LogP contribution in [-0.2, 0) is 21.5 Å². The van der Waals surface area contributed by atoms with Gasteiger partial charge >= 0.3 is 5.97 Å². The van der Waals surface area contributed by atoms with Crippen molar-refractivity contribution in [2.24, 2.45) is 0 Å². The molecular weight excluding hydrogens is 442 g/mol. The monoisotopic (exact) mass is 473 g/mol. The normalized spacial score (nSPS) is 17.0. The van der Waals surface area contributed by atoms with Gasteiger partial charge in [-0.25, -0.2) is 4.98 Å². The SMILES string of the molecule is CCOC(=O)C1(c2ccc3c(c2)C(=O)N(c2cccc(-c4nncn4C(C)C)n2)C3)CCCCC1. The molecule has 35 heavy (non-hydrogen) atoms. The maximum atomic E-state index is 13.5. The van der Waals surface area contributed by atoms with Crippen molar-refractivity contribution >= 4 is 17.7 Å². The Morgan fingerprint density at radius 3 is 2.69 bits per heavy atom. The lowest BCUT2D eigenvalue weighted by molar-refractivity contribution is -0.151. The standard InChI is InChI=1S/C27H31N5O3/c1-4-35-26(34)27(13-6-5-7-14-27)20-12-11-19-16-31(25(33)21(19)15-20)23-10-8-9-22(29-23)24-30-28-17-32(24)18(2)3/h8-12,15,17-18H,4-7,13-14,16H2,1-3H3. The van der Waals surface area contributed by atoms with E-state index in [0.29, 0.717) is 36.1 Å². The summed E-state index contributed by atoms with van der Waals surface area (Å²) in [6.45, 7) is 6.75. The Balaban J connectivity index is 1.47. The van der Waals surface area contributed by atoms with Crippen LogP contribution in [0.2, 0.25) is 0 Å². The van der Waals surface area contributed by atoms with Crippen molar-refractivity contribution in [3.05, 3.63) is 59.4 Å². The number of fused-ring (bicyclic) bond motifs is 1. The molecule has 0 N–H and O–H groups in total. The maximum absolute atomic E-state index is 13.5. The van der Waals surface area contributed by atoms with Gasteiger partial charge in [-0.2, -0.15) is 0 Å². The van der Waals surface area contributed by atoms with Crippen molar-refractivity contribution < 1.29 is 14.3 Å². The van der Waals surface area contributed by atoms with E-state index < -0.39 is 5.41 Å². The van der Waals surface area contributed by atoms with Gasteiger partial charge in [0.05, 0.1) is 18.6 Å². The summed E-state index contributed by atoms with van der Waals surface area (Å²) in [4.78, 5) is 33.1. The second-order valence-corrected chi connectivity index (χ2v) is 9.66. The van der Waals surface area contributed by atoms with Crippen molar-refractivity contribution in [3.8, 4) is 11.5 Å². The molecule has 0 spiro atoms. The first-order chi connectivity index (χ1) is 16.9. The molecular formula is C27H31N5O3. The van der Waals surface area contributed by atoms with Crippen molar-refractivity contribution in [1.29, 1.82) is 0 Å². The molecule has 3 aromatic rings. The van der Waals surface area contributed by atoms with E-state index in [1.54, 1.807) is 11.2 Å². The Kier molecular flexibility index (Phi) is 6.13. The topological polar surface area (TPSA) is 90.2 Å². The minimum atomic E-state index is -0.671. The molecule has 2 aromatic heterocycles. The van der Waals surface area contributed by atoms with Crippen LogP contribution < -0.4 is 4.90 Å². The number of benzene rings is 1. The maximum Gasteiger partial charge on any atom is 0.316 e. The van der Waals surface area contributed by atoms with Gasteiger partial charge in [0.2, 0.25) is 0 Å². The first-order valence-corrected chi connectivity index (χ1v) is 12.4. The Morgan fingerprint density at radius 2 is 1.94 bits per heavy atom. The molecule has 5 rings (SSSR count). The number of hydrogen-bond acceptors (Lipinski definition) is 6. The predicted octanol–water partition coefficient (Wildman–Crippen LogP) is 4.85. The predicted molar refractivity (Wildman–Crippen MR) is 132 cm³/mol. The van der Waals surface area contributed by atoms with Crippen molar-refractivity contribution in [2.45, 2.75) is 70.9 Å². The van der Waals surface area contributed by atoms with Crippen LogP contribution in [0.5, 0.6) is 0 Å². The van der Waals surface area contributed by atoms with Crippen LogP contribution in [0.4, 0.5) is 5.82 Å². The molecule has 1 fully saturated rings. The summed E-state index contributed by atoms with van der Waals surface area (Å²) in [5.74, 6) is 0.959. The number of carbonyl (C=O) groups is 2. The number of aromatic nitrogens is 4. The highest BCUT2D eigenvalue weighted by Crippen LogP contribution is 2.42. The highest BCUT2D eigenvalue weighted by atomic mass is 16.5. The highest BCUT2D eigenvalue weighted by Gasteiger charge is 2.43. The summed E-state index contributed by atoms with van der Waals surface area (Å²) in [5.41, 5.74) is 2.45. The molecule has 1 aliphatic carbocycles. The first-order valence-electron chi connectivity index (χ1n) is 12.4. The Hall–Kier alpha value is -3.55. The second kappa shape index (κ2) is 9.24. The fourth-order valence-electron chi connectivity index (χ4n) is 5.32. The van der Waals surface area contributed by atoms with Gasteiger partial charge in [0.15, 0.2) is 5.82 Å². The summed E-state index contributed by atoms with van der Waals surface area (Å²) in [7, 11) is 0. The third-order valence-corrected chi connectivity index (χ3v) is 7.21. The largest absolute Gasteiger partial charge is 0.465 e. The van der Waals surface area contributed by atoms with E-state index in [0.717, 1.165) is 43.2 Å². The fraction of sp³-hybridized carbons (Fsp3) is 0.444. The molecule has 1 aromatic carbocycles. The van der Waals surface area contributed by atoms with Crippen LogP contribution >= 0.6 is 0 Å². The minimum Gasteiger partial charge on any atom is -0.465 e. The summed E-state index contributed by atoms with van der Waals surface area (Å²) < 4.78 is 7.45. The van der Waals surface area contributed by atoms with E-state index in [1.165, 1.54) is 0 Å². The quantitative estimate of drug-likeness (QED) is 0.476. The smallest absolute Gasteiger partial charge is 0.316 e. The van der Waals surface area contributed by atoms with Crippen LogP contribution in [-0.4, -0.2) is 38.2 Å². The van der Waals surface area contributed by atoms with Gasteiger partial charge in [-0.05, 0) is 62.9 Å². The minimum absolute atomic E-state index is 0.105. The number of carbonyl (C=O) groups excluding carboxylic acids is 2. The number of amides is 1. The highest BCUT2D eigenvalue weighted by molar-refractivity contribution is 6.10. The number of nitrogens with zero attached hydrogens (tertiary/aromatic N) is 5. The van der Waals surface area contributed by atoms with Crippen molar-refractivity contribution in [2.75, 3.05) is 11.5 Å². The lowest BCUT2D eigenvalue weighted by Gasteiger charge is -2.35. The van der Waals surface area contributed by atoms with E-state index in [4.69, 9.17) is 9.72 Å². The van der Waals surface area contributed by atoms with Gasteiger partial charge in [-0.1, -0.05) is 37.5 Å². The van der Waals surface area contributed by atoms with Crippen LogP contribution in [0.15, 0.2) is 42.7 Å². The van der Waals surface area contributed by atoms with Crippen LogP contribution in [0.25, 0.3) is 11.5 Å². The molecule has 1 aliphatic heterocycles. The Bertz CT molecular complexity index is 1260. The number of ether oxygens (including phenoxy) is 1. The summed E-state index contributed by atoms with van der Waals surface area (Å²) >= 11 is 0. The van der Waals surface area contributed by atoms with E-state index >= 15 is 0 Å². The number of anilines is 1. The zero-order chi connectivity index (χ0) is 24.6. The zero-order valence-electron chi connectivity index (χ0n) is 20.5. The van der Waals surface area contributed by atoms with Gasteiger partial charge in [0.25, 0.3) is 5.91 Å². The summed E-state index contributed by atoms with van der Waals surface area (Å²) in [5, 5.41) is 8.28. The van der Waals surface area contributed by atoms with Gasteiger partial charge in [0.1, 0.15) is 17.8 Å². The number of rotatable bonds is 6. The molecule has 1 saturated carbocycles. The molecule has 8 nitrogen and oxygen atoms in total. The third-order valence-electron chi connectivity index (χ3n) is 7.21. The molecule has 3 heterocycles. The third kappa shape index (κ3) is 4.00. The lowest BCUT2D eigenvalue weighted by atomic mass is 9.69. The molecule has 2 aliphatic rings. The molecule has 0 unspecified atom stereocenters. The van der Waals surface area contributed by atoms with E-state index in [-0.39, 0.29) is 17.9 Å². The summed E-state index contributed by atoms with van der Waals surface area (Å²) in [6.07, 6.45) is 6.27. The number of pyridine rings is 1. The van der Waals surface area contributed by atoms with Gasteiger partial charge in [0, 0.05) is 11.6 Å². The molecule has 0 radical (unpaired) electrons. The molecule has 0 saturated heterocycles. The lowest BCUT2D eigenvalue weighted by Crippen LogP contribution is -2.39. The van der Waals surface area contributed by atoms with Gasteiger partial charge < -0.3 is 9.30 Å². The van der Waals surface area contributed by atoms with E-state index in [2.05, 4.69) is 24.0 Å². The molecule has 1 amide bonds. The van der Waals surface area contributed by atoms with Gasteiger partial charge in [-0.3, -0.25) is 14.5 Å². The molecule has 182 valence electrons. The average Bonchev–Trinajstić information content (AvgIpc) is 3.50. The number of hydrogen-bond donors (Lipinski definition) is 0.